The highest BCUT2D eigenvalue weighted by Crippen LogP contribution is 2.28. The Bertz CT molecular complexity index is 489. The predicted octanol–water partition coefficient (Wildman–Crippen LogP) is 1.95. The van der Waals surface area contributed by atoms with Gasteiger partial charge in [-0.05, 0) is 38.3 Å². The Labute approximate surface area is 118 Å². The Morgan fingerprint density at radius 3 is 2.65 bits per heavy atom. The highest BCUT2D eigenvalue weighted by Gasteiger charge is 2.43. The van der Waals surface area contributed by atoms with E-state index in [1.807, 2.05) is 30.3 Å². The maximum atomic E-state index is 12.3. The van der Waals surface area contributed by atoms with Gasteiger partial charge in [0.1, 0.15) is 5.54 Å². The van der Waals surface area contributed by atoms with Crippen LogP contribution in [0.25, 0.3) is 0 Å². The number of rotatable bonds is 4. The Balaban J connectivity index is 2.02. The van der Waals surface area contributed by atoms with Crippen molar-refractivity contribution in [3.63, 3.8) is 0 Å². The lowest BCUT2D eigenvalue weighted by molar-refractivity contribution is -0.160. The van der Waals surface area contributed by atoms with Crippen LogP contribution in [0.1, 0.15) is 26.2 Å². The fourth-order valence-corrected chi connectivity index (χ4v) is 2.57. The summed E-state index contributed by atoms with van der Waals surface area (Å²) in [6.45, 7) is 2.26. The zero-order chi connectivity index (χ0) is 14.6. The molecule has 1 aromatic rings. The van der Waals surface area contributed by atoms with E-state index < -0.39 is 11.5 Å². The third-order valence-corrected chi connectivity index (χ3v) is 3.87. The van der Waals surface area contributed by atoms with E-state index in [2.05, 4.69) is 5.32 Å². The summed E-state index contributed by atoms with van der Waals surface area (Å²) in [5.74, 6) is -1.09. The third kappa shape index (κ3) is 2.92. The summed E-state index contributed by atoms with van der Waals surface area (Å²) in [5.41, 5.74) is -0.219. The molecule has 1 aliphatic heterocycles. The third-order valence-electron chi connectivity index (χ3n) is 3.87. The van der Waals surface area contributed by atoms with E-state index in [1.54, 1.807) is 6.92 Å². The van der Waals surface area contributed by atoms with Crippen molar-refractivity contribution in [1.29, 1.82) is 0 Å². The van der Waals surface area contributed by atoms with Crippen molar-refractivity contribution in [2.24, 2.45) is 0 Å². The summed E-state index contributed by atoms with van der Waals surface area (Å²) < 4.78 is 0. The van der Waals surface area contributed by atoms with E-state index in [0.717, 1.165) is 18.5 Å². The maximum Gasteiger partial charge on any atom is 0.329 e. The van der Waals surface area contributed by atoms with E-state index in [0.29, 0.717) is 13.0 Å². The lowest BCUT2D eigenvalue weighted by atomic mass is 9.88. The lowest BCUT2D eigenvalue weighted by Crippen LogP contribution is -2.58. The van der Waals surface area contributed by atoms with Crippen LogP contribution < -0.4 is 5.32 Å². The summed E-state index contributed by atoms with van der Waals surface area (Å²) in [4.78, 5) is 25.2. The van der Waals surface area contributed by atoms with Crippen molar-refractivity contribution in [3.8, 4) is 0 Å². The Kier molecular flexibility index (Phi) is 4.27. The molecule has 5 nitrogen and oxygen atoms in total. The molecule has 1 aliphatic rings. The average molecular weight is 276 g/mol. The number of carbonyl (C=O) groups is 2. The molecule has 2 rings (SSSR count). The number of anilines is 1. The van der Waals surface area contributed by atoms with Gasteiger partial charge in [0.05, 0.1) is 6.54 Å². The smallest absolute Gasteiger partial charge is 0.329 e. The van der Waals surface area contributed by atoms with Gasteiger partial charge in [-0.15, -0.1) is 0 Å². The number of carboxylic acid groups (broad SMARTS) is 1. The van der Waals surface area contributed by atoms with E-state index in [4.69, 9.17) is 0 Å². The van der Waals surface area contributed by atoms with Crippen molar-refractivity contribution in [1.82, 2.24) is 4.90 Å². The molecule has 1 aromatic carbocycles. The van der Waals surface area contributed by atoms with Gasteiger partial charge in [-0.2, -0.15) is 0 Å². The first-order chi connectivity index (χ1) is 9.54. The minimum Gasteiger partial charge on any atom is -0.480 e. The summed E-state index contributed by atoms with van der Waals surface area (Å²) in [7, 11) is 0. The molecular weight excluding hydrogens is 256 g/mol. The molecular formula is C15H20N2O3. The zero-order valence-electron chi connectivity index (χ0n) is 11.6. The van der Waals surface area contributed by atoms with Gasteiger partial charge in [0.15, 0.2) is 0 Å². The fraction of sp³-hybridized carbons (Fsp3) is 0.467. The molecule has 0 aromatic heterocycles. The van der Waals surface area contributed by atoms with Crippen LogP contribution in [0, 0.1) is 0 Å². The first kappa shape index (κ1) is 14.4. The summed E-state index contributed by atoms with van der Waals surface area (Å²) >= 11 is 0. The quantitative estimate of drug-likeness (QED) is 0.882. The molecule has 1 unspecified atom stereocenters. The van der Waals surface area contributed by atoms with E-state index in [-0.39, 0.29) is 12.5 Å². The number of carbonyl (C=O) groups excluding carboxylic acids is 1. The minimum absolute atomic E-state index is 0.118. The normalized spacial score (nSPS) is 22.4. The number of para-hydroxylation sites is 1. The number of hydrogen-bond donors (Lipinski definition) is 2. The molecule has 5 heteroatoms. The number of carboxylic acids is 1. The molecule has 0 bridgehead atoms. The molecule has 1 atom stereocenters. The number of amides is 1. The summed E-state index contributed by atoms with van der Waals surface area (Å²) in [6, 6.07) is 9.42. The zero-order valence-corrected chi connectivity index (χ0v) is 11.6. The molecule has 20 heavy (non-hydrogen) atoms. The molecule has 2 N–H and O–H groups in total. The second-order valence-electron chi connectivity index (χ2n) is 5.30. The van der Waals surface area contributed by atoms with Crippen LogP contribution in [-0.4, -0.2) is 40.5 Å². The topological polar surface area (TPSA) is 69.6 Å². The fourth-order valence-electron chi connectivity index (χ4n) is 2.57. The van der Waals surface area contributed by atoms with Crippen LogP contribution in [0.2, 0.25) is 0 Å². The summed E-state index contributed by atoms with van der Waals surface area (Å²) in [6.07, 6.45) is 2.22. The van der Waals surface area contributed by atoms with Crippen LogP contribution in [0.4, 0.5) is 5.69 Å². The Hall–Kier alpha value is -2.04. The van der Waals surface area contributed by atoms with Crippen molar-refractivity contribution in [2.75, 3.05) is 18.4 Å². The molecule has 1 amide bonds. The largest absolute Gasteiger partial charge is 0.480 e. The molecule has 1 heterocycles. The van der Waals surface area contributed by atoms with E-state index in [9.17, 15) is 14.7 Å². The predicted molar refractivity (Wildman–Crippen MR) is 76.5 cm³/mol. The van der Waals surface area contributed by atoms with Gasteiger partial charge in [0.2, 0.25) is 5.91 Å². The van der Waals surface area contributed by atoms with Crippen molar-refractivity contribution in [3.05, 3.63) is 30.3 Å². The first-order valence-corrected chi connectivity index (χ1v) is 6.87. The minimum atomic E-state index is -1.08. The highest BCUT2D eigenvalue weighted by molar-refractivity contribution is 5.89. The first-order valence-electron chi connectivity index (χ1n) is 6.87. The Morgan fingerprint density at radius 1 is 1.30 bits per heavy atom. The van der Waals surface area contributed by atoms with Crippen LogP contribution in [0.5, 0.6) is 0 Å². The molecule has 1 fully saturated rings. The number of nitrogens with one attached hydrogen (secondary N) is 1. The number of hydrogen-bond acceptors (Lipinski definition) is 3. The van der Waals surface area contributed by atoms with Gasteiger partial charge in [0, 0.05) is 12.2 Å². The van der Waals surface area contributed by atoms with Crippen LogP contribution in [0.3, 0.4) is 0 Å². The number of nitrogens with zero attached hydrogens (tertiary/aromatic N) is 1. The average Bonchev–Trinajstić information content (AvgIpc) is 2.46. The molecule has 0 spiro atoms. The van der Waals surface area contributed by atoms with E-state index >= 15 is 0 Å². The standard InChI is InChI=1S/C15H20N2O3/c1-15(14(19)20)9-5-6-10-17(15)13(18)11-16-12-7-3-2-4-8-12/h2-4,7-8,16H,5-6,9-11H2,1H3,(H,19,20). The SMILES string of the molecule is CC1(C(=O)O)CCCCN1C(=O)CNc1ccccc1. The van der Waals surface area contributed by atoms with Gasteiger partial charge >= 0.3 is 5.97 Å². The second kappa shape index (κ2) is 5.94. The molecule has 0 aliphatic carbocycles. The number of aliphatic carboxylic acids is 1. The number of piperidine rings is 1. The number of benzene rings is 1. The molecule has 0 radical (unpaired) electrons. The van der Waals surface area contributed by atoms with Crippen LogP contribution in [0.15, 0.2) is 30.3 Å². The van der Waals surface area contributed by atoms with Crippen molar-refractivity contribution < 1.29 is 14.7 Å². The summed E-state index contributed by atoms with van der Waals surface area (Å²) in [5, 5.41) is 12.4. The van der Waals surface area contributed by atoms with Crippen LogP contribution >= 0.6 is 0 Å². The van der Waals surface area contributed by atoms with Crippen molar-refractivity contribution >= 4 is 17.6 Å². The number of likely N-dealkylation sites (tertiary alicyclic amines) is 1. The monoisotopic (exact) mass is 276 g/mol. The van der Waals surface area contributed by atoms with Gasteiger partial charge in [0.25, 0.3) is 0 Å². The maximum absolute atomic E-state index is 12.3. The highest BCUT2D eigenvalue weighted by atomic mass is 16.4. The van der Waals surface area contributed by atoms with Crippen molar-refractivity contribution in [2.45, 2.75) is 31.7 Å². The van der Waals surface area contributed by atoms with Gasteiger partial charge < -0.3 is 15.3 Å². The molecule has 0 saturated carbocycles. The molecule has 108 valence electrons. The molecule has 1 saturated heterocycles. The van der Waals surface area contributed by atoms with Crippen LogP contribution in [-0.2, 0) is 9.59 Å². The lowest BCUT2D eigenvalue weighted by Gasteiger charge is -2.41. The Morgan fingerprint density at radius 2 is 2.00 bits per heavy atom. The van der Waals surface area contributed by atoms with Gasteiger partial charge in [-0.1, -0.05) is 18.2 Å². The second-order valence-corrected chi connectivity index (χ2v) is 5.30. The van der Waals surface area contributed by atoms with E-state index in [1.165, 1.54) is 4.90 Å². The van der Waals surface area contributed by atoms with Gasteiger partial charge in [-0.25, -0.2) is 4.79 Å². The van der Waals surface area contributed by atoms with Gasteiger partial charge in [-0.3, -0.25) is 4.79 Å².